The van der Waals surface area contributed by atoms with Gasteiger partial charge < -0.3 is 10.2 Å². The van der Waals surface area contributed by atoms with E-state index >= 15 is 0 Å². The summed E-state index contributed by atoms with van der Waals surface area (Å²) in [7, 11) is 0.219. The molecule has 156 valence electrons. The van der Waals surface area contributed by atoms with Crippen molar-refractivity contribution in [1.29, 1.82) is 0 Å². The quantitative estimate of drug-likeness (QED) is 0.667. The lowest BCUT2D eigenvalue weighted by molar-refractivity contribution is 0.0941. The molecule has 3 rings (SSSR count). The summed E-state index contributed by atoms with van der Waals surface area (Å²) in [5.41, 5.74) is 1.98. The Morgan fingerprint density at radius 2 is 1.90 bits per heavy atom. The Bertz CT molecular complexity index is 1000. The smallest absolute Gasteiger partial charge is 0.251 e. The summed E-state index contributed by atoms with van der Waals surface area (Å²) in [6.07, 6.45) is 1.71. The number of hydrogen-bond acceptors (Lipinski definition) is 4. The van der Waals surface area contributed by atoms with Gasteiger partial charge in [0.2, 0.25) is 10.0 Å². The third-order valence-electron chi connectivity index (χ3n) is 5.01. The Kier molecular flexibility index (Phi) is 6.63. The summed E-state index contributed by atoms with van der Waals surface area (Å²) in [5.74, 6) is -0.315. The van der Waals surface area contributed by atoms with E-state index < -0.39 is 10.0 Å². The van der Waals surface area contributed by atoms with Crippen molar-refractivity contribution in [1.82, 2.24) is 14.9 Å². The Balaban J connectivity index is 1.77. The number of carbonyl (C=O) groups is 1. The highest BCUT2D eigenvalue weighted by Crippen LogP contribution is 2.26. The van der Waals surface area contributed by atoms with Gasteiger partial charge >= 0.3 is 0 Å². The van der Waals surface area contributed by atoms with Gasteiger partial charge in [0.15, 0.2) is 0 Å². The molecule has 0 saturated heterocycles. The number of rotatable bonds is 8. The molecular weight excluding hydrogens is 410 g/mol. The Labute approximate surface area is 177 Å². The van der Waals surface area contributed by atoms with Crippen LogP contribution in [-0.4, -0.2) is 45.9 Å². The summed E-state index contributed by atoms with van der Waals surface area (Å²) in [6.45, 7) is 2.13. The lowest BCUT2D eigenvalue weighted by Gasteiger charge is -2.26. The van der Waals surface area contributed by atoms with Gasteiger partial charge in [-0.15, -0.1) is 0 Å². The molecule has 0 heterocycles. The van der Waals surface area contributed by atoms with Crippen LogP contribution in [0.2, 0.25) is 5.02 Å². The zero-order valence-corrected chi connectivity index (χ0v) is 18.3. The Morgan fingerprint density at radius 1 is 1.21 bits per heavy atom. The molecule has 29 heavy (non-hydrogen) atoms. The van der Waals surface area contributed by atoms with Crippen LogP contribution in [-0.2, 0) is 10.0 Å². The highest BCUT2D eigenvalue weighted by Gasteiger charge is 2.28. The summed E-state index contributed by atoms with van der Waals surface area (Å²) >= 11 is 6.33. The maximum atomic E-state index is 12.8. The van der Waals surface area contributed by atoms with E-state index in [1.165, 1.54) is 12.1 Å². The van der Waals surface area contributed by atoms with Crippen LogP contribution in [0.25, 0.3) is 0 Å². The van der Waals surface area contributed by atoms with Gasteiger partial charge in [0.25, 0.3) is 5.91 Å². The van der Waals surface area contributed by atoms with E-state index in [9.17, 15) is 13.2 Å². The Morgan fingerprint density at radius 3 is 2.52 bits per heavy atom. The fourth-order valence-electron chi connectivity index (χ4n) is 3.10. The molecule has 0 aliphatic heterocycles. The summed E-state index contributed by atoms with van der Waals surface area (Å²) in [5, 5.41) is 3.56. The van der Waals surface area contributed by atoms with E-state index in [-0.39, 0.29) is 22.9 Å². The number of sulfonamides is 1. The Hall–Kier alpha value is -1.93. The minimum atomic E-state index is -3.62. The number of halogens is 1. The number of hydrogen-bond donors (Lipinski definition) is 2. The molecule has 1 saturated carbocycles. The average molecular weight is 436 g/mol. The molecule has 2 N–H and O–H groups in total. The lowest BCUT2D eigenvalue weighted by Crippen LogP contribution is -2.35. The number of aryl methyl sites for hydroxylation is 1. The summed E-state index contributed by atoms with van der Waals surface area (Å²) < 4.78 is 27.6. The van der Waals surface area contributed by atoms with Gasteiger partial charge in [-0.1, -0.05) is 35.9 Å². The van der Waals surface area contributed by atoms with Crippen molar-refractivity contribution in [2.75, 3.05) is 20.6 Å². The third-order valence-corrected chi connectivity index (χ3v) is 6.87. The first kappa shape index (κ1) is 21.8. The molecule has 1 fully saturated rings. The SMILES string of the molecule is Cc1ccc(S(=O)(=O)NC2CC2)cc1C(=O)NC[C@@H](c1ccccc1Cl)N(C)C. The maximum Gasteiger partial charge on any atom is 0.251 e. The second-order valence-corrected chi connectivity index (χ2v) is 9.70. The second-order valence-electron chi connectivity index (χ2n) is 7.58. The predicted octanol–water partition coefficient (Wildman–Crippen LogP) is 3.12. The number of nitrogens with one attached hydrogen (secondary N) is 2. The number of benzene rings is 2. The van der Waals surface area contributed by atoms with Crippen molar-refractivity contribution in [2.24, 2.45) is 0 Å². The van der Waals surface area contributed by atoms with Crippen LogP contribution in [0.1, 0.15) is 40.4 Å². The van der Waals surface area contributed by atoms with Crippen LogP contribution < -0.4 is 10.0 Å². The van der Waals surface area contributed by atoms with Gasteiger partial charge in [0, 0.05) is 23.2 Å². The fraction of sp³-hybridized carbons (Fsp3) is 0.381. The van der Waals surface area contributed by atoms with Crippen molar-refractivity contribution in [3.63, 3.8) is 0 Å². The summed E-state index contributed by atoms with van der Waals surface area (Å²) in [6, 6.07) is 12.0. The van der Waals surface area contributed by atoms with Gasteiger partial charge in [-0.05, 0) is 63.2 Å². The van der Waals surface area contributed by atoms with Crippen molar-refractivity contribution in [3.8, 4) is 0 Å². The number of amides is 1. The minimum absolute atomic E-state index is 0.00931. The van der Waals surface area contributed by atoms with Gasteiger partial charge in [-0.2, -0.15) is 0 Å². The molecule has 0 bridgehead atoms. The monoisotopic (exact) mass is 435 g/mol. The van der Waals surface area contributed by atoms with Crippen LogP contribution in [0.15, 0.2) is 47.4 Å². The van der Waals surface area contributed by atoms with E-state index in [0.29, 0.717) is 22.7 Å². The van der Waals surface area contributed by atoms with Crippen molar-refractivity contribution in [2.45, 2.75) is 36.7 Å². The molecule has 2 aromatic rings. The largest absolute Gasteiger partial charge is 0.350 e. The first-order valence-electron chi connectivity index (χ1n) is 9.51. The molecule has 2 aromatic carbocycles. The molecule has 1 amide bonds. The molecule has 0 radical (unpaired) electrons. The molecule has 0 spiro atoms. The van der Waals surface area contributed by atoms with Crippen molar-refractivity contribution in [3.05, 3.63) is 64.2 Å². The molecule has 1 aliphatic carbocycles. The highest BCUT2D eigenvalue weighted by atomic mass is 35.5. The standard InChI is InChI=1S/C21H26ClN3O3S/c1-14-8-11-16(29(27,28)24-15-9-10-15)12-18(14)21(26)23-13-20(25(2)3)17-6-4-5-7-19(17)22/h4-8,11-12,15,20,24H,9-10,13H2,1-3H3,(H,23,26)/t20-/m0/s1. The number of likely N-dealkylation sites (N-methyl/N-ethyl adjacent to an activating group) is 1. The maximum absolute atomic E-state index is 12.8. The van der Waals surface area contributed by atoms with Crippen molar-refractivity contribution < 1.29 is 13.2 Å². The summed E-state index contributed by atoms with van der Waals surface area (Å²) in [4.78, 5) is 14.9. The van der Waals surface area contributed by atoms with Crippen LogP contribution in [0.3, 0.4) is 0 Å². The first-order valence-corrected chi connectivity index (χ1v) is 11.4. The zero-order chi connectivity index (χ0) is 21.2. The number of nitrogens with zero attached hydrogens (tertiary/aromatic N) is 1. The minimum Gasteiger partial charge on any atom is -0.350 e. The van der Waals surface area contributed by atoms with E-state index in [1.54, 1.807) is 13.0 Å². The molecule has 8 heteroatoms. The topological polar surface area (TPSA) is 78.5 Å². The van der Waals surface area contributed by atoms with Crippen LogP contribution in [0.4, 0.5) is 0 Å². The normalized spacial score (nSPS) is 15.3. The van der Waals surface area contributed by atoms with Crippen LogP contribution in [0, 0.1) is 6.92 Å². The number of carbonyl (C=O) groups excluding carboxylic acids is 1. The van der Waals surface area contributed by atoms with E-state index in [1.807, 2.05) is 43.3 Å². The van der Waals surface area contributed by atoms with Gasteiger partial charge in [-0.3, -0.25) is 4.79 Å². The molecular formula is C21H26ClN3O3S. The fourth-order valence-corrected chi connectivity index (χ4v) is 4.69. The van der Waals surface area contributed by atoms with Crippen LogP contribution in [0.5, 0.6) is 0 Å². The van der Waals surface area contributed by atoms with E-state index in [0.717, 1.165) is 18.4 Å². The third kappa shape index (κ3) is 5.36. The first-order chi connectivity index (χ1) is 13.7. The van der Waals surface area contributed by atoms with Gasteiger partial charge in [-0.25, -0.2) is 13.1 Å². The molecule has 0 aromatic heterocycles. The highest BCUT2D eigenvalue weighted by molar-refractivity contribution is 7.89. The predicted molar refractivity (Wildman–Crippen MR) is 115 cm³/mol. The average Bonchev–Trinajstić information content (AvgIpc) is 3.46. The van der Waals surface area contributed by atoms with Gasteiger partial charge in [0.1, 0.15) is 0 Å². The van der Waals surface area contributed by atoms with E-state index in [4.69, 9.17) is 11.6 Å². The van der Waals surface area contributed by atoms with Crippen molar-refractivity contribution >= 4 is 27.5 Å². The second kappa shape index (κ2) is 8.83. The molecule has 1 atom stereocenters. The molecule has 0 unspecified atom stereocenters. The van der Waals surface area contributed by atoms with E-state index in [2.05, 4.69) is 10.0 Å². The van der Waals surface area contributed by atoms with Crippen LogP contribution >= 0.6 is 11.6 Å². The zero-order valence-electron chi connectivity index (χ0n) is 16.8. The molecule has 6 nitrogen and oxygen atoms in total. The van der Waals surface area contributed by atoms with Gasteiger partial charge in [0.05, 0.1) is 10.9 Å². The lowest BCUT2D eigenvalue weighted by atomic mass is 10.0. The molecule has 1 aliphatic rings.